The van der Waals surface area contributed by atoms with E-state index >= 15 is 0 Å². The molecule has 176 valence electrons. The zero-order valence-electron chi connectivity index (χ0n) is 18.9. The molecule has 0 bridgehead atoms. The van der Waals surface area contributed by atoms with Gasteiger partial charge < -0.3 is 35.5 Å². The Bertz CT molecular complexity index is 1160. The van der Waals surface area contributed by atoms with Gasteiger partial charge in [0.2, 0.25) is 5.75 Å². The number of pyridine rings is 1. The van der Waals surface area contributed by atoms with E-state index in [4.69, 9.17) is 14.2 Å². The Balaban J connectivity index is 1.37. The number of aromatic nitrogens is 1. The number of carbonyl (C=O) groups is 1. The Morgan fingerprint density at radius 3 is 2.35 bits per heavy atom. The summed E-state index contributed by atoms with van der Waals surface area (Å²) >= 11 is 1.63. The number of methoxy groups -OCH3 is 3. The summed E-state index contributed by atoms with van der Waals surface area (Å²) < 4.78 is 16.0. The van der Waals surface area contributed by atoms with Crippen LogP contribution in [0.5, 0.6) is 17.2 Å². The third-order valence-corrected chi connectivity index (χ3v) is 5.80. The number of ether oxygens (including phenoxy) is 3. The summed E-state index contributed by atoms with van der Waals surface area (Å²) in [4.78, 5) is 16.8. The molecule has 1 atom stereocenters. The number of amides is 2. The standard InChI is InChI=1S/C24H25N5O4S/c1-31-20-11-18(12-21(32-2)22(20)33-3)27-23(30)26-16-7-4-8-17(10-16)28-24-29-19(14-34-24)15-6-5-9-25-13-15/h4-14,24,28-29H,1-3H3,(H2,26,27,30). The maximum Gasteiger partial charge on any atom is 0.323 e. The third-order valence-electron chi connectivity index (χ3n) is 4.92. The van der Waals surface area contributed by atoms with Crippen molar-refractivity contribution in [3.63, 3.8) is 0 Å². The topological polar surface area (TPSA) is 106 Å². The highest BCUT2D eigenvalue weighted by Crippen LogP contribution is 2.40. The second-order valence-corrected chi connectivity index (χ2v) is 8.13. The van der Waals surface area contributed by atoms with Gasteiger partial charge in [-0.2, -0.15) is 0 Å². The molecule has 1 aliphatic rings. The van der Waals surface area contributed by atoms with Gasteiger partial charge in [0.25, 0.3) is 0 Å². The molecule has 0 spiro atoms. The number of urea groups is 1. The van der Waals surface area contributed by atoms with Gasteiger partial charge in [0, 0.05) is 41.5 Å². The minimum Gasteiger partial charge on any atom is -0.493 e. The average molecular weight is 480 g/mol. The van der Waals surface area contributed by atoms with E-state index in [1.54, 1.807) is 30.1 Å². The van der Waals surface area contributed by atoms with Gasteiger partial charge in [-0.15, -0.1) is 0 Å². The van der Waals surface area contributed by atoms with Crippen LogP contribution in [0.4, 0.5) is 21.9 Å². The molecule has 10 heteroatoms. The molecule has 2 amide bonds. The summed E-state index contributed by atoms with van der Waals surface area (Å²) in [6.45, 7) is 0. The number of anilines is 3. The normalized spacial score (nSPS) is 14.4. The summed E-state index contributed by atoms with van der Waals surface area (Å²) in [5.74, 6) is 1.35. The van der Waals surface area contributed by atoms with Gasteiger partial charge in [-0.3, -0.25) is 4.98 Å². The zero-order valence-corrected chi connectivity index (χ0v) is 19.7. The lowest BCUT2D eigenvalue weighted by atomic mass is 10.2. The van der Waals surface area contributed by atoms with Crippen molar-refractivity contribution in [3.8, 4) is 17.2 Å². The van der Waals surface area contributed by atoms with E-state index in [2.05, 4.69) is 31.7 Å². The predicted octanol–water partition coefficient (Wildman–Crippen LogP) is 4.78. The van der Waals surface area contributed by atoms with Gasteiger partial charge >= 0.3 is 6.03 Å². The van der Waals surface area contributed by atoms with Crippen LogP contribution < -0.4 is 35.5 Å². The zero-order chi connectivity index (χ0) is 23.9. The van der Waals surface area contributed by atoms with Crippen molar-refractivity contribution >= 4 is 40.6 Å². The maximum atomic E-state index is 12.6. The van der Waals surface area contributed by atoms with Crippen LogP contribution in [0.15, 0.2) is 66.3 Å². The highest BCUT2D eigenvalue weighted by atomic mass is 32.2. The number of benzene rings is 2. The molecule has 0 radical (unpaired) electrons. The van der Waals surface area contributed by atoms with Crippen molar-refractivity contribution in [2.45, 2.75) is 5.50 Å². The molecular weight excluding hydrogens is 454 g/mol. The van der Waals surface area contributed by atoms with Gasteiger partial charge in [0.1, 0.15) is 5.50 Å². The lowest BCUT2D eigenvalue weighted by Crippen LogP contribution is -2.28. The SMILES string of the molecule is COc1cc(NC(=O)Nc2cccc(NC3NC(c4cccnc4)=CS3)c2)cc(OC)c1OC. The fourth-order valence-corrected chi connectivity index (χ4v) is 4.25. The van der Waals surface area contributed by atoms with Crippen LogP contribution in [-0.2, 0) is 0 Å². The smallest absolute Gasteiger partial charge is 0.323 e. The Morgan fingerprint density at radius 1 is 0.941 bits per heavy atom. The molecule has 2 heterocycles. The van der Waals surface area contributed by atoms with Gasteiger partial charge in [0.15, 0.2) is 11.5 Å². The van der Waals surface area contributed by atoms with Crippen LogP contribution >= 0.6 is 11.8 Å². The molecule has 1 aromatic heterocycles. The molecule has 9 nitrogen and oxygen atoms in total. The van der Waals surface area contributed by atoms with Crippen LogP contribution in [0, 0.1) is 0 Å². The van der Waals surface area contributed by atoms with Crippen LogP contribution in [0.1, 0.15) is 5.56 Å². The molecule has 3 aromatic rings. The molecule has 1 unspecified atom stereocenters. The highest BCUT2D eigenvalue weighted by Gasteiger charge is 2.18. The van der Waals surface area contributed by atoms with Crippen LogP contribution in [0.2, 0.25) is 0 Å². The summed E-state index contributed by atoms with van der Waals surface area (Å²) in [5.41, 5.74) is 3.99. The highest BCUT2D eigenvalue weighted by molar-refractivity contribution is 8.03. The summed E-state index contributed by atoms with van der Waals surface area (Å²) in [7, 11) is 4.56. The van der Waals surface area contributed by atoms with Gasteiger partial charge in [-0.1, -0.05) is 17.8 Å². The average Bonchev–Trinajstić information content (AvgIpc) is 3.32. The minimum absolute atomic E-state index is 0.0430. The lowest BCUT2D eigenvalue weighted by molar-refractivity contribution is 0.262. The number of hydrogen-bond acceptors (Lipinski definition) is 8. The van der Waals surface area contributed by atoms with E-state index in [0.29, 0.717) is 28.6 Å². The Hall–Kier alpha value is -4.05. The van der Waals surface area contributed by atoms with Gasteiger partial charge in [-0.05, 0) is 35.7 Å². The fourth-order valence-electron chi connectivity index (χ4n) is 3.37. The van der Waals surface area contributed by atoms with Crippen molar-refractivity contribution in [2.24, 2.45) is 0 Å². The quantitative estimate of drug-likeness (QED) is 0.366. The Kier molecular flexibility index (Phi) is 7.28. The minimum atomic E-state index is -0.402. The summed E-state index contributed by atoms with van der Waals surface area (Å²) in [5, 5.41) is 14.5. The first kappa shape index (κ1) is 23.1. The van der Waals surface area contributed by atoms with Crippen molar-refractivity contribution in [3.05, 3.63) is 71.9 Å². The third kappa shape index (κ3) is 5.46. The van der Waals surface area contributed by atoms with Crippen molar-refractivity contribution < 1.29 is 19.0 Å². The predicted molar refractivity (Wildman–Crippen MR) is 136 cm³/mol. The molecule has 34 heavy (non-hydrogen) atoms. The molecule has 4 rings (SSSR count). The monoisotopic (exact) mass is 479 g/mol. The molecule has 0 saturated carbocycles. The number of rotatable bonds is 8. The van der Waals surface area contributed by atoms with E-state index in [9.17, 15) is 4.79 Å². The van der Waals surface area contributed by atoms with Gasteiger partial charge in [0.05, 0.1) is 32.7 Å². The number of nitrogens with zero attached hydrogens (tertiary/aromatic N) is 1. The molecule has 0 fully saturated rings. The largest absolute Gasteiger partial charge is 0.493 e. The van der Waals surface area contributed by atoms with Crippen LogP contribution in [0.3, 0.4) is 0 Å². The Labute approximate surface area is 201 Å². The summed E-state index contributed by atoms with van der Waals surface area (Å²) in [6.07, 6.45) is 3.57. The molecule has 2 aromatic carbocycles. The maximum absolute atomic E-state index is 12.6. The van der Waals surface area contributed by atoms with E-state index in [1.807, 2.05) is 42.6 Å². The van der Waals surface area contributed by atoms with Gasteiger partial charge in [-0.25, -0.2) is 4.79 Å². The lowest BCUT2D eigenvalue weighted by Gasteiger charge is -2.17. The number of nitrogens with one attached hydrogen (secondary N) is 4. The first-order valence-corrected chi connectivity index (χ1v) is 11.3. The second kappa shape index (κ2) is 10.7. The fraction of sp³-hybridized carbons (Fsp3) is 0.167. The van der Waals surface area contributed by atoms with Crippen molar-refractivity contribution in [1.82, 2.24) is 10.3 Å². The first-order valence-electron chi connectivity index (χ1n) is 10.4. The van der Waals surface area contributed by atoms with Crippen molar-refractivity contribution in [2.75, 3.05) is 37.3 Å². The van der Waals surface area contributed by atoms with E-state index in [1.165, 1.54) is 21.3 Å². The van der Waals surface area contributed by atoms with E-state index < -0.39 is 6.03 Å². The van der Waals surface area contributed by atoms with Crippen LogP contribution in [0.25, 0.3) is 5.70 Å². The number of carbonyl (C=O) groups excluding carboxylic acids is 1. The molecule has 0 aliphatic carbocycles. The molecule has 1 aliphatic heterocycles. The van der Waals surface area contributed by atoms with E-state index in [-0.39, 0.29) is 5.50 Å². The molecule has 0 saturated heterocycles. The number of hydrogen-bond donors (Lipinski definition) is 4. The molecule has 4 N–H and O–H groups in total. The van der Waals surface area contributed by atoms with Crippen molar-refractivity contribution in [1.29, 1.82) is 0 Å². The summed E-state index contributed by atoms with van der Waals surface area (Å²) in [6, 6.07) is 14.3. The van der Waals surface area contributed by atoms with Crippen LogP contribution in [-0.4, -0.2) is 37.8 Å². The second-order valence-electron chi connectivity index (χ2n) is 7.15. The van der Waals surface area contributed by atoms with E-state index in [0.717, 1.165) is 16.9 Å². The first-order chi connectivity index (χ1) is 16.6. The Morgan fingerprint density at radius 2 is 1.68 bits per heavy atom. The molecular formula is C24H25N5O4S. The number of thioether (sulfide) groups is 1.